The minimum atomic E-state index is 0. The van der Waals surface area contributed by atoms with Crippen LogP contribution in [0.5, 0.6) is 5.75 Å². The highest BCUT2D eigenvalue weighted by atomic mass is 79.9. The van der Waals surface area contributed by atoms with E-state index in [-0.39, 0.29) is 29.3 Å². The molecule has 1 aromatic carbocycles. The van der Waals surface area contributed by atoms with Crippen molar-refractivity contribution < 1.29 is 14.1 Å². The number of nitrogens with zero attached hydrogens (tertiary/aromatic N) is 2. The molecule has 0 saturated carbocycles. The quantitative estimate of drug-likeness (QED) is 0.493. The summed E-state index contributed by atoms with van der Waals surface area (Å²) < 4.78 is 6.87. The molecular weight excluding hydrogens is 376 g/mol. The van der Waals surface area contributed by atoms with Crippen LogP contribution in [0, 0.1) is 0 Å². The molecule has 0 radical (unpaired) electrons. The van der Waals surface area contributed by atoms with E-state index in [1.54, 1.807) is 53.6 Å². The van der Waals surface area contributed by atoms with E-state index in [1.165, 1.54) is 0 Å². The minimum absolute atomic E-state index is 0. The van der Waals surface area contributed by atoms with Gasteiger partial charge in [0.2, 0.25) is 5.78 Å². The molecule has 0 spiro atoms. The highest BCUT2D eigenvalue weighted by molar-refractivity contribution is 8.93. The Morgan fingerprint density at radius 2 is 2.00 bits per heavy atom. The Morgan fingerprint density at radius 1 is 1.22 bits per heavy atom. The van der Waals surface area contributed by atoms with E-state index in [0.29, 0.717) is 5.56 Å². The predicted octanol–water partition coefficient (Wildman–Crippen LogP) is 3.57. The fourth-order valence-electron chi connectivity index (χ4n) is 2.08. The molecule has 0 aliphatic rings. The third-order valence-electron chi connectivity index (χ3n) is 3.28. The first kappa shape index (κ1) is 17.3. The Balaban J connectivity index is 0.00000192. The molecule has 3 aromatic rings. The fourth-order valence-corrected chi connectivity index (χ4v) is 2.78. The molecule has 118 valence electrons. The highest BCUT2D eigenvalue weighted by Crippen LogP contribution is 2.20. The van der Waals surface area contributed by atoms with Gasteiger partial charge in [-0.05, 0) is 40.7 Å². The van der Waals surface area contributed by atoms with E-state index in [1.807, 2.05) is 29.8 Å². The zero-order valence-corrected chi connectivity index (χ0v) is 15.0. The van der Waals surface area contributed by atoms with Gasteiger partial charge in [0.15, 0.2) is 12.2 Å². The smallest absolute Gasteiger partial charge is 0.287 e. The van der Waals surface area contributed by atoms with Crippen LogP contribution in [0.4, 0.5) is 0 Å². The maximum Gasteiger partial charge on any atom is 0.287 e. The fraction of sp³-hybridized carbons (Fsp3) is 0.118. The van der Waals surface area contributed by atoms with Gasteiger partial charge in [0.25, 0.3) is 6.33 Å². The number of aromatic nitrogens is 2. The molecule has 0 aliphatic carbocycles. The summed E-state index contributed by atoms with van der Waals surface area (Å²) in [7, 11) is 1.60. The summed E-state index contributed by atoms with van der Waals surface area (Å²) in [4.78, 5) is 17.8. The molecule has 0 atom stereocenters. The van der Waals surface area contributed by atoms with Crippen molar-refractivity contribution in [2.24, 2.45) is 0 Å². The van der Waals surface area contributed by atoms with Crippen molar-refractivity contribution in [1.82, 2.24) is 4.98 Å². The number of benzene rings is 1. The number of Topliss-reactive ketones (excluding diaryl/α,β-unsaturated/α-hetero) is 1. The number of carbonyl (C=O) groups excluding carboxylic acids is 1. The van der Waals surface area contributed by atoms with Crippen LogP contribution in [-0.2, 0) is 6.54 Å². The van der Waals surface area contributed by atoms with E-state index >= 15 is 0 Å². The molecule has 3 rings (SSSR count). The predicted molar refractivity (Wildman–Crippen MR) is 95.4 cm³/mol. The molecule has 6 heteroatoms. The topological polar surface area (TPSA) is 43.1 Å². The maximum absolute atomic E-state index is 12.2. The number of hydrogen-bond donors (Lipinski definition) is 0. The Hall–Kier alpha value is -2.05. The lowest BCUT2D eigenvalue weighted by Gasteiger charge is -2.02. The van der Waals surface area contributed by atoms with Crippen LogP contribution >= 0.6 is 28.3 Å². The van der Waals surface area contributed by atoms with Crippen LogP contribution < -0.4 is 9.30 Å². The second-order valence-electron chi connectivity index (χ2n) is 4.75. The van der Waals surface area contributed by atoms with Gasteiger partial charge in [-0.15, -0.1) is 28.3 Å². The number of halogens is 1. The Labute approximate surface area is 149 Å². The molecule has 4 nitrogen and oxygen atoms in total. The normalized spacial score (nSPS) is 9.96. The number of hydrogen-bond acceptors (Lipinski definition) is 4. The zero-order valence-electron chi connectivity index (χ0n) is 12.5. The maximum atomic E-state index is 12.2. The van der Waals surface area contributed by atoms with E-state index in [4.69, 9.17) is 4.74 Å². The third-order valence-corrected chi connectivity index (χ3v) is 4.17. The van der Waals surface area contributed by atoms with Crippen molar-refractivity contribution in [3.63, 3.8) is 0 Å². The average molecular weight is 392 g/mol. The first-order valence-corrected chi connectivity index (χ1v) is 7.70. The second-order valence-corrected chi connectivity index (χ2v) is 5.69. The highest BCUT2D eigenvalue weighted by Gasteiger charge is 2.12. The van der Waals surface area contributed by atoms with E-state index in [9.17, 15) is 4.79 Å². The molecule has 0 aliphatic heterocycles. The summed E-state index contributed by atoms with van der Waals surface area (Å²) in [6.45, 7) is 0.268. The molecule has 0 saturated heterocycles. The zero-order chi connectivity index (χ0) is 15.4. The Morgan fingerprint density at radius 3 is 2.57 bits per heavy atom. The molecule has 2 aromatic heterocycles. The molecule has 2 heterocycles. The van der Waals surface area contributed by atoms with Crippen LogP contribution in [-0.4, -0.2) is 17.9 Å². The molecule has 0 amide bonds. The number of methoxy groups -OCH3 is 1. The van der Waals surface area contributed by atoms with Gasteiger partial charge in [0.1, 0.15) is 5.75 Å². The Bertz CT molecular complexity index is 756. The van der Waals surface area contributed by atoms with Crippen molar-refractivity contribution in [2.75, 3.05) is 7.11 Å². The lowest BCUT2D eigenvalue weighted by atomic mass is 10.1. The monoisotopic (exact) mass is 391 g/mol. The van der Waals surface area contributed by atoms with Crippen LogP contribution in [0.25, 0.3) is 10.6 Å². The minimum Gasteiger partial charge on any atom is -0.497 e. The second kappa shape index (κ2) is 7.99. The van der Waals surface area contributed by atoms with Gasteiger partial charge in [0, 0.05) is 11.6 Å². The van der Waals surface area contributed by atoms with Gasteiger partial charge >= 0.3 is 0 Å². The van der Waals surface area contributed by atoms with Crippen LogP contribution in [0.1, 0.15) is 10.4 Å². The van der Waals surface area contributed by atoms with E-state index < -0.39 is 0 Å². The summed E-state index contributed by atoms with van der Waals surface area (Å²) in [5.41, 5.74) is 1.58. The summed E-state index contributed by atoms with van der Waals surface area (Å²) >= 11 is 1.65. The van der Waals surface area contributed by atoms with Crippen molar-refractivity contribution in [2.45, 2.75) is 6.54 Å². The molecule has 0 bridgehead atoms. The first-order chi connectivity index (χ1) is 10.8. The van der Waals surface area contributed by atoms with Gasteiger partial charge < -0.3 is 4.74 Å². The third kappa shape index (κ3) is 4.24. The summed E-state index contributed by atoms with van der Waals surface area (Å²) in [6.07, 6.45) is 3.57. The molecular formula is C17H16BrN2O2S+. The van der Waals surface area contributed by atoms with E-state index in [2.05, 4.69) is 4.98 Å². The van der Waals surface area contributed by atoms with Crippen molar-refractivity contribution >= 4 is 34.1 Å². The summed E-state index contributed by atoms with van der Waals surface area (Å²) in [6, 6.07) is 13.1. The SMILES string of the molecule is Br.COc1ccc(C(=O)C[n+]2ccc(-c3cccs3)nc2)cc1. The van der Waals surface area contributed by atoms with Crippen LogP contribution in [0.15, 0.2) is 60.4 Å². The van der Waals surface area contributed by atoms with Crippen LogP contribution in [0.3, 0.4) is 0 Å². The largest absolute Gasteiger partial charge is 0.497 e. The number of ether oxygens (including phenoxy) is 1. The van der Waals surface area contributed by atoms with Crippen LogP contribution in [0.2, 0.25) is 0 Å². The number of ketones is 1. The lowest BCUT2D eigenvalue weighted by molar-refractivity contribution is -0.686. The van der Waals surface area contributed by atoms with Crippen molar-refractivity contribution in [3.8, 4) is 16.3 Å². The van der Waals surface area contributed by atoms with Gasteiger partial charge in [-0.1, -0.05) is 6.07 Å². The van der Waals surface area contributed by atoms with Crippen molar-refractivity contribution in [3.05, 3.63) is 65.9 Å². The average Bonchev–Trinajstić information content (AvgIpc) is 3.10. The van der Waals surface area contributed by atoms with Gasteiger partial charge in [-0.2, -0.15) is 0 Å². The molecule has 23 heavy (non-hydrogen) atoms. The van der Waals surface area contributed by atoms with Gasteiger partial charge in [0.05, 0.1) is 18.2 Å². The Kier molecular flexibility index (Phi) is 6.01. The number of rotatable bonds is 5. The summed E-state index contributed by atoms with van der Waals surface area (Å²) in [5, 5.41) is 2.02. The first-order valence-electron chi connectivity index (χ1n) is 6.82. The van der Waals surface area contributed by atoms with E-state index in [0.717, 1.165) is 16.3 Å². The van der Waals surface area contributed by atoms with Crippen molar-refractivity contribution in [1.29, 1.82) is 0 Å². The molecule has 0 N–H and O–H groups in total. The standard InChI is InChI=1S/C17H15N2O2S.BrH/c1-21-14-6-4-13(5-7-14)16(20)11-19-9-8-15(18-12-19)17-3-2-10-22-17;/h2-10,12H,11H2,1H3;1H/q+1;. The van der Waals surface area contributed by atoms with Gasteiger partial charge in [-0.3, -0.25) is 4.79 Å². The summed E-state index contributed by atoms with van der Waals surface area (Å²) in [5.74, 6) is 0.782. The number of carbonyl (C=O) groups is 1. The molecule has 0 unspecified atom stereocenters. The van der Waals surface area contributed by atoms with Gasteiger partial charge in [-0.25, -0.2) is 4.57 Å². The molecule has 0 fully saturated rings. The number of thiophene rings is 1. The lowest BCUT2D eigenvalue weighted by Crippen LogP contribution is -2.37.